The molecule has 3 aromatic rings. The van der Waals surface area contributed by atoms with Crippen LogP contribution in [0.4, 0.5) is 8.78 Å². The molecule has 1 aliphatic rings. The number of halogens is 3. The molecule has 4 rings (SSSR count). The van der Waals surface area contributed by atoms with Gasteiger partial charge in [-0.25, -0.2) is 8.78 Å². The Hall–Kier alpha value is -2.08. The van der Waals surface area contributed by atoms with E-state index in [1.54, 1.807) is 0 Å². The summed E-state index contributed by atoms with van der Waals surface area (Å²) in [5, 5.41) is 11.4. The number of hydrogen-bond donors (Lipinski definition) is 1. The number of aliphatic hydroxyl groups is 1. The Morgan fingerprint density at radius 2 is 1.50 bits per heavy atom. The minimum Gasteiger partial charge on any atom is -0.385 e. The van der Waals surface area contributed by atoms with Crippen LogP contribution in [0.25, 0.3) is 0 Å². The molecule has 0 bridgehead atoms. The second kappa shape index (κ2) is 9.82. The predicted octanol–water partition coefficient (Wildman–Crippen LogP) is 5.62. The van der Waals surface area contributed by atoms with Crippen molar-refractivity contribution in [2.75, 3.05) is 13.1 Å². The number of nitrogens with zero attached hydrogens (tertiary/aromatic N) is 1. The fraction of sp³-hybridized carbons (Fsp3) is 0.280. The van der Waals surface area contributed by atoms with E-state index >= 15 is 0 Å². The SMILES string of the molecule is Br.OC1(c2ccccc2Cc2cc(F)ccc2F)CCN(Cc2ccccc2)CC1. The Morgan fingerprint density at radius 3 is 2.23 bits per heavy atom. The van der Waals surface area contributed by atoms with Gasteiger partial charge in [0.1, 0.15) is 11.6 Å². The number of piperidine rings is 1. The summed E-state index contributed by atoms with van der Waals surface area (Å²) in [4.78, 5) is 2.35. The number of likely N-dealkylation sites (tertiary alicyclic amines) is 1. The van der Waals surface area contributed by atoms with Crippen molar-refractivity contribution in [2.45, 2.75) is 31.4 Å². The maximum absolute atomic E-state index is 14.1. The highest BCUT2D eigenvalue weighted by Crippen LogP contribution is 2.36. The Kier molecular flexibility index (Phi) is 7.40. The maximum Gasteiger partial charge on any atom is 0.126 e. The van der Waals surface area contributed by atoms with Crippen LogP contribution >= 0.6 is 17.0 Å². The molecule has 1 saturated heterocycles. The molecule has 2 nitrogen and oxygen atoms in total. The third-order valence-electron chi connectivity index (χ3n) is 5.84. The van der Waals surface area contributed by atoms with E-state index in [2.05, 4.69) is 17.0 Å². The molecule has 0 unspecified atom stereocenters. The Balaban J connectivity index is 0.00000256. The summed E-state index contributed by atoms with van der Waals surface area (Å²) in [6.45, 7) is 2.44. The van der Waals surface area contributed by atoms with E-state index in [9.17, 15) is 13.9 Å². The largest absolute Gasteiger partial charge is 0.385 e. The van der Waals surface area contributed by atoms with Crippen molar-refractivity contribution in [3.05, 3.63) is 107 Å². The first-order valence-corrected chi connectivity index (χ1v) is 10.0. The molecule has 1 aliphatic heterocycles. The van der Waals surface area contributed by atoms with Gasteiger partial charge in [0.05, 0.1) is 5.60 Å². The lowest BCUT2D eigenvalue weighted by molar-refractivity contribution is -0.0283. The molecule has 0 spiro atoms. The molecule has 5 heteroatoms. The van der Waals surface area contributed by atoms with Crippen LogP contribution in [-0.4, -0.2) is 23.1 Å². The van der Waals surface area contributed by atoms with Crippen molar-refractivity contribution < 1.29 is 13.9 Å². The van der Waals surface area contributed by atoms with Crippen LogP contribution in [0.5, 0.6) is 0 Å². The topological polar surface area (TPSA) is 23.5 Å². The van der Waals surface area contributed by atoms with E-state index in [1.165, 1.54) is 11.6 Å². The first kappa shape index (κ1) is 22.6. The summed E-state index contributed by atoms with van der Waals surface area (Å²) < 4.78 is 27.7. The number of benzene rings is 3. The molecule has 3 aromatic carbocycles. The van der Waals surface area contributed by atoms with Gasteiger partial charge in [-0.3, -0.25) is 4.90 Å². The van der Waals surface area contributed by atoms with E-state index in [4.69, 9.17) is 0 Å². The number of hydrogen-bond acceptors (Lipinski definition) is 2. The molecule has 158 valence electrons. The fourth-order valence-electron chi connectivity index (χ4n) is 4.20. The van der Waals surface area contributed by atoms with E-state index in [1.807, 2.05) is 42.5 Å². The zero-order valence-corrected chi connectivity index (χ0v) is 18.4. The summed E-state index contributed by atoms with van der Waals surface area (Å²) >= 11 is 0. The summed E-state index contributed by atoms with van der Waals surface area (Å²) in [5.74, 6) is -0.877. The third kappa shape index (κ3) is 5.15. The summed E-state index contributed by atoms with van der Waals surface area (Å²) in [5.41, 5.74) is 2.29. The lowest BCUT2D eigenvalue weighted by Gasteiger charge is -2.39. The van der Waals surface area contributed by atoms with E-state index < -0.39 is 17.2 Å². The van der Waals surface area contributed by atoms with Crippen LogP contribution in [-0.2, 0) is 18.6 Å². The van der Waals surface area contributed by atoms with Crippen LogP contribution in [0.3, 0.4) is 0 Å². The summed E-state index contributed by atoms with van der Waals surface area (Å²) in [6.07, 6.45) is 1.49. The second-order valence-electron chi connectivity index (χ2n) is 7.86. The highest BCUT2D eigenvalue weighted by molar-refractivity contribution is 8.93. The highest BCUT2D eigenvalue weighted by atomic mass is 79.9. The zero-order chi connectivity index (χ0) is 20.3. The van der Waals surface area contributed by atoms with E-state index in [0.29, 0.717) is 18.4 Å². The van der Waals surface area contributed by atoms with Gasteiger partial charge in [0.2, 0.25) is 0 Å². The minimum absolute atomic E-state index is 0. The van der Waals surface area contributed by atoms with Gasteiger partial charge in [0.25, 0.3) is 0 Å². The van der Waals surface area contributed by atoms with Gasteiger partial charge < -0.3 is 5.11 Å². The van der Waals surface area contributed by atoms with Gasteiger partial charge in [0.15, 0.2) is 0 Å². The van der Waals surface area contributed by atoms with Crippen molar-refractivity contribution in [1.82, 2.24) is 4.90 Å². The molecule has 0 saturated carbocycles. The van der Waals surface area contributed by atoms with Gasteiger partial charge >= 0.3 is 0 Å². The summed E-state index contributed by atoms with van der Waals surface area (Å²) in [7, 11) is 0. The lowest BCUT2D eigenvalue weighted by atomic mass is 9.80. The zero-order valence-electron chi connectivity index (χ0n) is 16.7. The normalized spacial score (nSPS) is 16.1. The first-order valence-electron chi connectivity index (χ1n) is 10.0. The average Bonchev–Trinajstić information content (AvgIpc) is 2.74. The maximum atomic E-state index is 14.1. The second-order valence-corrected chi connectivity index (χ2v) is 7.86. The van der Waals surface area contributed by atoms with Crippen molar-refractivity contribution in [3.63, 3.8) is 0 Å². The molecule has 0 aliphatic carbocycles. The third-order valence-corrected chi connectivity index (χ3v) is 5.84. The van der Waals surface area contributed by atoms with Gasteiger partial charge in [-0.1, -0.05) is 54.6 Å². The van der Waals surface area contributed by atoms with Crippen molar-refractivity contribution >= 4 is 17.0 Å². The van der Waals surface area contributed by atoms with Crippen LogP contribution in [0.1, 0.15) is 35.1 Å². The molecule has 1 N–H and O–H groups in total. The van der Waals surface area contributed by atoms with Gasteiger partial charge in [-0.15, -0.1) is 17.0 Å². The number of rotatable bonds is 5. The summed E-state index contributed by atoms with van der Waals surface area (Å²) in [6, 6.07) is 21.4. The Bertz CT molecular complexity index is 972. The standard InChI is InChI=1S/C25H25F2NO.BrH/c26-22-10-11-24(27)21(17-22)16-20-8-4-5-9-23(20)25(29)12-14-28(15-13-25)18-19-6-2-1-3-7-19;/h1-11,17,29H,12-16,18H2;1H. The highest BCUT2D eigenvalue weighted by Gasteiger charge is 2.35. The molecule has 0 aromatic heterocycles. The first-order chi connectivity index (χ1) is 14.0. The average molecular weight is 474 g/mol. The van der Waals surface area contributed by atoms with Crippen molar-refractivity contribution in [3.8, 4) is 0 Å². The molecular formula is C25H26BrF2NO. The quantitative estimate of drug-likeness (QED) is 0.519. The molecule has 30 heavy (non-hydrogen) atoms. The van der Waals surface area contributed by atoms with Crippen LogP contribution < -0.4 is 0 Å². The monoisotopic (exact) mass is 473 g/mol. The van der Waals surface area contributed by atoms with Gasteiger partial charge in [-0.05, 0) is 53.3 Å². The molecule has 0 radical (unpaired) electrons. The van der Waals surface area contributed by atoms with Crippen molar-refractivity contribution in [1.29, 1.82) is 0 Å². The molecule has 1 fully saturated rings. The Morgan fingerprint density at radius 1 is 0.833 bits per heavy atom. The minimum atomic E-state index is -0.951. The van der Waals surface area contributed by atoms with Crippen LogP contribution in [0.2, 0.25) is 0 Å². The predicted molar refractivity (Wildman–Crippen MR) is 121 cm³/mol. The molecule has 0 atom stereocenters. The van der Waals surface area contributed by atoms with Gasteiger partial charge in [0, 0.05) is 26.1 Å². The van der Waals surface area contributed by atoms with Gasteiger partial charge in [-0.2, -0.15) is 0 Å². The molecule has 1 heterocycles. The fourth-order valence-corrected chi connectivity index (χ4v) is 4.20. The van der Waals surface area contributed by atoms with Crippen LogP contribution in [0.15, 0.2) is 72.8 Å². The van der Waals surface area contributed by atoms with E-state index in [-0.39, 0.29) is 23.4 Å². The van der Waals surface area contributed by atoms with E-state index in [0.717, 1.165) is 42.9 Å². The Labute approximate surface area is 186 Å². The van der Waals surface area contributed by atoms with Crippen LogP contribution in [0, 0.1) is 11.6 Å². The smallest absolute Gasteiger partial charge is 0.126 e. The lowest BCUT2D eigenvalue weighted by Crippen LogP contribution is -2.42. The molecule has 0 amide bonds. The van der Waals surface area contributed by atoms with Crippen molar-refractivity contribution in [2.24, 2.45) is 0 Å². The molecular weight excluding hydrogens is 448 g/mol.